The van der Waals surface area contributed by atoms with E-state index in [2.05, 4.69) is 0 Å². The van der Waals surface area contributed by atoms with Crippen LogP contribution in [0.1, 0.15) is 16.7 Å². The summed E-state index contributed by atoms with van der Waals surface area (Å²) in [4.78, 5) is 0. The second-order valence-electron chi connectivity index (χ2n) is 3.97. The van der Waals surface area contributed by atoms with E-state index in [0.29, 0.717) is 17.7 Å². The van der Waals surface area contributed by atoms with Gasteiger partial charge in [0.15, 0.2) is 0 Å². The number of nitrogens with two attached hydrogens (primary N) is 1. The normalized spacial score (nSPS) is 10.4. The van der Waals surface area contributed by atoms with E-state index in [1.165, 1.54) is 6.07 Å². The molecule has 16 heavy (non-hydrogen) atoms. The first-order valence-corrected chi connectivity index (χ1v) is 5.25. The number of hydrogen-bond donors (Lipinski definition) is 1. The molecule has 2 aromatic rings. The van der Waals surface area contributed by atoms with Crippen LogP contribution in [0.2, 0.25) is 0 Å². The van der Waals surface area contributed by atoms with Crippen LogP contribution in [-0.4, -0.2) is 0 Å². The number of aryl methyl sites for hydroxylation is 1. The molecule has 0 saturated heterocycles. The number of hydrogen-bond acceptors (Lipinski definition) is 1. The molecule has 0 radical (unpaired) electrons. The minimum absolute atomic E-state index is 0.177. The zero-order chi connectivity index (χ0) is 11.5. The minimum Gasteiger partial charge on any atom is -0.398 e. The maximum atomic E-state index is 13.5. The lowest BCUT2D eigenvalue weighted by Gasteiger charge is -2.07. The van der Waals surface area contributed by atoms with E-state index in [4.69, 9.17) is 5.73 Å². The highest BCUT2D eigenvalue weighted by Gasteiger charge is 2.05. The van der Waals surface area contributed by atoms with Crippen LogP contribution in [0.4, 0.5) is 10.1 Å². The third-order valence-electron chi connectivity index (χ3n) is 2.64. The van der Waals surface area contributed by atoms with Crippen LogP contribution < -0.4 is 5.73 Å². The van der Waals surface area contributed by atoms with Crippen LogP contribution >= 0.6 is 0 Å². The van der Waals surface area contributed by atoms with E-state index < -0.39 is 0 Å². The average molecular weight is 215 g/mol. The van der Waals surface area contributed by atoms with Crippen LogP contribution in [-0.2, 0) is 6.42 Å². The topological polar surface area (TPSA) is 26.0 Å². The molecule has 0 aliphatic carbocycles. The van der Waals surface area contributed by atoms with Gasteiger partial charge in [-0.25, -0.2) is 4.39 Å². The molecule has 0 aliphatic heterocycles. The molecule has 2 heteroatoms. The fourth-order valence-corrected chi connectivity index (χ4v) is 1.73. The van der Waals surface area contributed by atoms with Crippen LogP contribution in [0.5, 0.6) is 0 Å². The van der Waals surface area contributed by atoms with Crippen LogP contribution in [0.15, 0.2) is 42.5 Å². The molecule has 0 fully saturated rings. The standard InChI is InChI=1S/C14H14FN/c1-10-6-7-14(16)12(8-10)9-11-4-2-3-5-13(11)15/h2-8H,9,16H2,1H3. The smallest absolute Gasteiger partial charge is 0.126 e. The van der Waals surface area contributed by atoms with Crippen molar-refractivity contribution in [3.63, 3.8) is 0 Å². The SMILES string of the molecule is Cc1ccc(N)c(Cc2ccccc2F)c1. The van der Waals surface area contributed by atoms with Gasteiger partial charge in [-0.15, -0.1) is 0 Å². The molecule has 0 amide bonds. The lowest BCUT2D eigenvalue weighted by molar-refractivity contribution is 0.614. The first-order valence-electron chi connectivity index (χ1n) is 5.25. The Balaban J connectivity index is 2.34. The third-order valence-corrected chi connectivity index (χ3v) is 2.64. The number of halogens is 1. The second kappa shape index (κ2) is 4.35. The Kier molecular flexibility index (Phi) is 2.91. The van der Waals surface area contributed by atoms with Crippen molar-refractivity contribution in [3.05, 3.63) is 65.0 Å². The number of anilines is 1. The molecule has 0 heterocycles. The first-order chi connectivity index (χ1) is 7.66. The van der Waals surface area contributed by atoms with E-state index in [1.807, 2.05) is 31.2 Å². The van der Waals surface area contributed by atoms with Crippen LogP contribution in [0.25, 0.3) is 0 Å². The van der Waals surface area contributed by atoms with Gasteiger partial charge in [0.05, 0.1) is 0 Å². The number of rotatable bonds is 2. The summed E-state index contributed by atoms with van der Waals surface area (Å²) in [6.07, 6.45) is 0.542. The maximum absolute atomic E-state index is 13.5. The minimum atomic E-state index is -0.177. The van der Waals surface area contributed by atoms with Gasteiger partial charge in [0, 0.05) is 12.1 Å². The van der Waals surface area contributed by atoms with E-state index in [1.54, 1.807) is 12.1 Å². The fourth-order valence-electron chi connectivity index (χ4n) is 1.73. The molecule has 0 aromatic heterocycles. The number of nitrogen functional groups attached to an aromatic ring is 1. The van der Waals surface area contributed by atoms with Gasteiger partial charge in [0.2, 0.25) is 0 Å². The zero-order valence-corrected chi connectivity index (χ0v) is 9.20. The van der Waals surface area contributed by atoms with Crippen molar-refractivity contribution >= 4 is 5.69 Å². The molecule has 0 atom stereocenters. The van der Waals surface area contributed by atoms with Crippen molar-refractivity contribution in [2.45, 2.75) is 13.3 Å². The fraction of sp³-hybridized carbons (Fsp3) is 0.143. The van der Waals surface area contributed by atoms with Crippen molar-refractivity contribution in [3.8, 4) is 0 Å². The quantitative estimate of drug-likeness (QED) is 0.764. The summed E-state index contributed by atoms with van der Waals surface area (Å²) in [7, 11) is 0. The average Bonchev–Trinajstić information content (AvgIpc) is 2.27. The molecule has 82 valence electrons. The van der Waals surface area contributed by atoms with Gasteiger partial charge in [-0.05, 0) is 30.2 Å². The summed E-state index contributed by atoms with van der Waals surface area (Å²) in [6, 6.07) is 12.6. The number of benzene rings is 2. The maximum Gasteiger partial charge on any atom is 0.126 e. The monoisotopic (exact) mass is 215 g/mol. The van der Waals surface area contributed by atoms with Crippen molar-refractivity contribution in [2.24, 2.45) is 0 Å². The Hall–Kier alpha value is -1.83. The predicted molar refractivity (Wildman–Crippen MR) is 64.8 cm³/mol. The largest absolute Gasteiger partial charge is 0.398 e. The Morgan fingerprint density at radius 3 is 2.56 bits per heavy atom. The van der Waals surface area contributed by atoms with E-state index in [9.17, 15) is 4.39 Å². The predicted octanol–water partition coefficient (Wildman–Crippen LogP) is 3.31. The van der Waals surface area contributed by atoms with Gasteiger partial charge < -0.3 is 5.73 Å². The summed E-state index contributed by atoms with van der Waals surface area (Å²) in [5.74, 6) is -0.177. The molecule has 0 aliphatic rings. The molecule has 2 N–H and O–H groups in total. The van der Waals surface area contributed by atoms with E-state index >= 15 is 0 Å². The van der Waals surface area contributed by atoms with Crippen molar-refractivity contribution < 1.29 is 4.39 Å². The van der Waals surface area contributed by atoms with E-state index in [0.717, 1.165) is 11.1 Å². The van der Waals surface area contributed by atoms with Crippen LogP contribution in [0.3, 0.4) is 0 Å². The van der Waals surface area contributed by atoms with E-state index in [-0.39, 0.29) is 5.82 Å². The van der Waals surface area contributed by atoms with Gasteiger partial charge in [-0.1, -0.05) is 35.9 Å². The summed E-state index contributed by atoms with van der Waals surface area (Å²) >= 11 is 0. The highest BCUT2D eigenvalue weighted by molar-refractivity contribution is 5.50. The molecule has 2 aromatic carbocycles. The molecular weight excluding hydrogens is 201 g/mol. The highest BCUT2D eigenvalue weighted by Crippen LogP contribution is 2.19. The van der Waals surface area contributed by atoms with Gasteiger partial charge in [0.25, 0.3) is 0 Å². The highest BCUT2D eigenvalue weighted by atomic mass is 19.1. The molecule has 0 bridgehead atoms. The van der Waals surface area contributed by atoms with Gasteiger partial charge in [0.1, 0.15) is 5.82 Å². The summed E-state index contributed by atoms with van der Waals surface area (Å²) < 4.78 is 13.5. The molecule has 0 unspecified atom stereocenters. The Morgan fingerprint density at radius 2 is 1.81 bits per heavy atom. The summed E-state index contributed by atoms with van der Waals surface area (Å²) in [6.45, 7) is 2.00. The summed E-state index contributed by atoms with van der Waals surface area (Å²) in [5.41, 5.74) is 9.38. The van der Waals surface area contributed by atoms with Crippen LogP contribution in [0, 0.1) is 12.7 Å². The first kappa shape index (κ1) is 10.7. The molecule has 2 rings (SSSR count). The summed E-state index contributed by atoms with van der Waals surface area (Å²) in [5, 5.41) is 0. The van der Waals surface area contributed by atoms with Crippen molar-refractivity contribution in [2.75, 3.05) is 5.73 Å². The Bertz CT molecular complexity index is 506. The van der Waals surface area contributed by atoms with Crippen molar-refractivity contribution in [1.29, 1.82) is 0 Å². The molecule has 0 saturated carbocycles. The zero-order valence-electron chi connectivity index (χ0n) is 9.20. The lowest BCUT2D eigenvalue weighted by atomic mass is 10.0. The Morgan fingerprint density at radius 1 is 1.06 bits per heavy atom. The van der Waals surface area contributed by atoms with Gasteiger partial charge in [-0.3, -0.25) is 0 Å². The van der Waals surface area contributed by atoms with Crippen molar-refractivity contribution in [1.82, 2.24) is 0 Å². The van der Waals surface area contributed by atoms with Gasteiger partial charge >= 0.3 is 0 Å². The van der Waals surface area contributed by atoms with Gasteiger partial charge in [-0.2, -0.15) is 0 Å². The second-order valence-corrected chi connectivity index (χ2v) is 3.97. The molecular formula is C14H14FN. The lowest BCUT2D eigenvalue weighted by Crippen LogP contribution is -1.98. The third kappa shape index (κ3) is 2.22. The Labute approximate surface area is 94.7 Å². The molecule has 1 nitrogen and oxygen atoms in total. The molecule has 0 spiro atoms.